The Morgan fingerprint density at radius 1 is 1.10 bits per heavy atom. The first-order chi connectivity index (χ1) is 18.3. The Morgan fingerprint density at radius 3 is 2.21 bits per heavy atom. The number of sulfonamides is 1. The highest BCUT2D eigenvalue weighted by molar-refractivity contribution is 7.88. The Bertz CT molecular complexity index is 1310. The van der Waals surface area contributed by atoms with Crippen LogP contribution in [0.1, 0.15) is 27.9 Å². The van der Waals surface area contributed by atoms with Crippen molar-refractivity contribution in [3.8, 4) is 0 Å². The van der Waals surface area contributed by atoms with E-state index in [1.807, 2.05) is 17.4 Å². The zero-order valence-corrected chi connectivity index (χ0v) is 22.8. The van der Waals surface area contributed by atoms with Crippen LogP contribution in [0.15, 0.2) is 29.3 Å². The number of rotatable bonds is 8. The van der Waals surface area contributed by atoms with Gasteiger partial charge in [0, 0.05) is 33.1 Å². The molecule has 1 saturated heterocycles. The van der Waals surface area contributed by atoms with Crippen LogP contribution in [0.5, 0.6) is 0 Å². The summed E-state index contributed by atoms with van der Waals surface area (Å²) in [6, 6.07) is 7.18. The fraction of sp³-hybridized carbons (Fsp3) is 0.364. The first-order valence-corrected chi connectivity index (χ1v) is 14.0. The van der Waals surface area contributed by atoms with E-state index in [4.69, 9.17) is 15.0 Å². The van der Waals surface area contributed by atoms with E-state index in [-0.39, 0.29) is 38.0 Å². The first-order valence-electron chi connectivity index (χ1n) is 11.4. The van der Waals surface area contributed by atoms with Crippen molar-refractivity contribution < 1.29 is 37.8 Å². The molecular weight excluding hydrogens is 554 g/mol. The Balaban J connectivity index is 0.00000124. The van der Waals surface area contributed by atoms with Gasteiger partial charge < -0.3 is 26.2 Å². The molecule has 1 aliphatic heterocycles. The predicted molar refractivity (Wildman–Crippen MR) is 144 cm³/mol. The maximum absolute atomic E-state index is 13.2. The lowest BCUT2D eigenvalue weighted by Crippen LogP contribution is -2.50. The number of nitrogens with one attached hydrogen (secondary N) is 2. The summed E-state index contributed by atoms with van der Waals surface area (Å²) >= 11 is 1.10. The number of carbonyl (C=O) groups is 4. The van der Waals surface area contributed by atoms with Crippen LogP contribution in [0.2, 0.25) is 0 Å². The summed E-state index contributed by atoms with van der Waals surface area (Å²) in [7, 11) is -3.31. The fourth-order valence-electron chi connectivity index (χ4n) is 3.43. The molecule has 212 valence electrons. The van der Waals surface area contributed by atoms with Gasteiger partial charge in [-0.1, -0.05) is 23.5 Å². The lowest BCUT2D eigenvalue weighted by Gasteiger charge is -2.33. The second-order valence-electron chi connectivity index (χ2n) is 8.14. The van der Waals surface area contributed by atoms with Crippen LogP contribution in [0.3, 0.4) is 0 Å². The molecule has 3 rings (SSSR count). The van der Waals surface area contributed by atoms with Crippen molar-refractivity contribution in [3.63, 3.8) is 0 Å². The Hall–Kier alpha value is -4.09. The molecule has 1 aromatic heterocycles. The molecule has 6 N–H and O–H groups in total. The number of thiazole rings is 1. The number of benzene rings is 1. The summed E-state index contributed by atoms with van der Waals surface area (Å²) in [5, 5.41) is 20.8. The molecule has 2 aromatic rings. The molecule has 0 saturated carbocycles. The van der Waals surface area contributed by atoms with Crippen LogP contribution in [0.25, 0.3) is 0 Å². The zero-order chi connectivity index (χ0) is 29.2. The van der Waals surface area contributed by atoms with Crippen molar-refractivity contribution in [1.82, 2.24) is 19.5 Å². The van der Waals surface area contributed by atoms with E-state index in [1.54, 1.807) is 17.0 Å². The van der Waals surface area contributed by atoms with Crippen molar-refractivity contribution in [3.05, 3.63) is 40.4 Å². The lowest BCUT2D eigenvalue weighted by molar-refractivity contribution is -0.114. The molecule has 1 aromatic carbocycles. The van der Waals surface area contributed by atoms with Crippen molar-refractivity contribution in [2.24, 2.45) is 10.7 Å². The minimum atomic E-state index is -3.31. The Kier molecular flexibility index (Phi) is 11.3. The summed E-state index contributed by atoms with van der Waals surface area (Å²) in [4.78, 5) is 54.5. The quantitative estimate of drug-likeness (QED) is 0.222. The number of carboxylic acid groups (broad SMARTS) is 2. The number of aliphatic imine (C=N–C) groups is 1. The van der Waals surface area contributed by atoms with Gasteiger partial charge in [-0.15, -0.1) is 0 Å². The van der Waals surface area contributed by atoms with Gasteiger partial charge in [-0.3, -0.25) is 14.9 Å². The number of hydrogen-bond acceptors (Lipinski definition) is 9. The predicted octanol–water partition coefficient (Wildman–Crippen LogP) is 1.15. The number of anilines is 1. The van der Waals surface area contributed by atoms with Crippen LogP contribution < -0.4 is 16.4 Å². The van der Waals surface area contributed by atoms with Crippen molar-refractivity contribution in [2.45, 2.75) is 19.8 Å². The average molecular weight is 584 g/mol. The van der Waals surface area contributed by atoms with E-state index >= 15 is 0 Å². The Morgan fingerprint density at radius 2 is 1.69 bits per heavy atom. The van der Waals surface area contributed by atoms with Gasteiger partial charge in [0.05, 0.1) is 24.0 Å². The SMILES string of the molecule is CC(=O)Nc1nc(CCc2ccc(N=CNC(=O)O)cc2)c(C(=O)N2CCN(S(C)(=O)=O)CC2)s1.NC(=O)O. The Labute approximate surface area is 228 Å². The fourth-order valence-corrected chi connectivity index (χ4v) is 5.28. The second-order valence-corrected chi connectivity index (χ2v) is 11.1. The summed E-state index contributed by atoms with van der Waals surface area (Å²) in [5.41, 5.74) is 6.12. The smallest absolute Gasteiger partial charge is 0.409 e. The number of aromatic nitrogens is 1. The van der Waals surface area contributed by atoms with Crippen LogP contribution in [0.4, 0.5) is 20.4 Å². The van der Waals surface area contributed by atoms with E-state index in [0.29, 0.717) is 34.2 Å². The van der Waals surface area contributed by atoms with Gasteiger partial charge in [0.15, 0.2) is 5.13 Å². The first kappa shape index (κ1) is 31.1. The molecule has 0 spiro atoms. The molecule has 0 unspecified atom stereocenters. The molecule has 0 atom stereocenters. The molecule has 1 fully saturated rings. The maximum Gasteiger partial charge on any atom is 0.409 e. The molecule has 0 aliphatic carbocycles. The molecule has 17 heteroatoms. The minimum absolute atomic E-state index is 0.230. The van der Waals surface area contributed by atoms with Crippen LogP contribution in [-0.2, 0) is 27.7 Å². The third kappa shape index (κ3) is 10.7. The molecule has 4 amide bonds. The normalized spacial score (nSPS) is 13.8. The number of nitrogens with zero attached hydrogens (tertiary/aromatic N) is 4. The summed E-state index contributed by atoms with van der Waals surface area (Å²) in [6.07, 6.45) is 0.725. The number of hydrogen-bond donors (Lipinski definition) is 5. The lowest BCUT2D eigenvalue weighted by atomic mass is 10.1. The van der Waals surface area contributed by atoms with Crippen LogP contribution in [-0.4, -0.2) is 95.6 Å². The van der Waals surface area contributed by atoms with Gasteiger partial charge in [-0.05, 0) is 30.5 Å². The number of primary amides is 1. The van der Waals surface area contributed by atoms with Gasteiger partial charge in [-0.2, -0.15) is 4.31 Å². The monoisotopic (exact) mass is 583 g/mol. The maximum atomic E-state index is 13.2. The molecule has 2 heterocycles. The highest BCUT2D eigenvalue weighted by atomic mass is 32.2. The second kappa shape index (κ2) is 14.2. The van der Waals surface area contributed by atoms with Gasteiger partial charge >= 0.3 is 12.2 Å². The van der Waals surface area contributed by atoms with E-state index in [1.165, 1.54) is 11.2 Å². The van der Waals surface area contributed by atoms with Crippen molar-refractivity contribution >= 4 is 62.5 Å². The number of nitrogens with two attached hydrogens (primary N) is 1. The topological polar surface area (TPSA) is 225 Å². The molecule has 15 nitrogen and oxygen atoms in total. The molecule has 0 bridgehead atoms. The standard InChI is InChI=1S/C21H26N6O6S2.CH3NO2/c1-14(28)24-20-25-17(8-5-15-3-6-16(7-4-15)22-13-23-21(30)31)18(34-20)19(29)26-9-11-27(12-10-26)35(2,32)33;2-1(3)4/h3-4,6-7,13H,5,8-12H2,1-2H3,(H,22,23)(H,30,31)(H,24,25,28);2H2,(H,3,4). The number of aryl methyl sites for hydroxylation is 2. The van der Waals surface area contributed by atoms with E-state index in [0.717, 1.165) is 29.5 Å². The minimum Gasteiger partial charge on any atom is -0.465 e. The number of piperazine rings is 1. The van der Waals surface area contributed by atoms with E-state index < -0.39 is 22.2 Å². The zero-order valence-electron chi connectivity index (χ0n) is 21.2. The summed E-state index contributed by atoms with van der Waals surface area (Å²) in [6.45, 7) is 2.38. The van der Waals surface area contributed by atoms with E-state index in [9.17, 15) is 22.8 Å². The van der Waals surface area contributed by atoms with Gasteiger partial charge in [-0.25, -0.2) is 28.0 Å². The molecule has 0 radical (unpaired) electrons. The molecule has 1 aliphatic rings. The van der Waals surface area contributed by atoms with Gasteiger partial charge in [0.25, 0.3) is 5.91 Å². The third-order valence-corrected chi connectivity index (χ3v) is 7.46. The van der Waals surface area contributed by atoms with E-state index in [2.05, 4.69) is 21.0 Å². The van der Waals surface area contributed by atoms with Crippen LogP contribution >= 0.6 is 11.3 Å². The van der Waals surface area contributed by atoms with Gasteiger partial charge in [0.2, 0.25) is 15.9 Å². The molecular formula is C22H29N7O8S2. The molecule has 39 heavy (non-hydrogen) atoms. The van der Waals surface area contributed by atoms with Crippen molar-refractivity contribution in [2.75, 3.05) is 37.8 Å². The van der Waals surface area contributed by atoms with Crippen molar-refractivity contribution in [1.29, 1.82) is 0 Å². The highest BCUT2D eigenvalue weighted by Crippen LogP contribution is 2.27. The number of carbonyl (C=O) groups excluding carboxylic acids is 2. The largest absolute Gasteiger partial charge is 0.465 e. The van der Waals surface area contributed by atoms with Crippen LogP contribution in [0, 0.1) is 0 Å². The number of amides is 4. The van der Waals surface area contributed by atoms with Gasteiger partial charge in [0.1, 0.15) is 4.88 Å². The summed E-state index contributed by atoms with van der Waals surface area (Å²) in [5.74, 6) is -0.530. The third-order valence-electron chi connectivity index (χ3n) is 5.16. The summed E-state index contributed by atoms with van der Waals surface area (Å²) < 4.78 is 24.9. The highest BCUT2D eigenvalue weighted by Gasteiger charge is 2.29. The average Bonchev–Trinajstić information content (AvgIpc) is 3.24.